The van der Waals surface area contributed by atoms with Gasteiger partial charge in [-0.2, -0.15) is 5.10 Å². The Hall–Kier alpha value is -3.50. The predicted molar refractivity (Wildman–Crippen MR) is 119 cm³/mol. The van der Waals surface area contributed by atoms with Gasteiger partial charge in [-0.3, -0.25) is 4.79 Å². The Morgan fingerprint density at radius 2 is 1.94 bits per heavy atom. The number of fused-ring (bicyclic) bond motifs is 1. The number of amides is 1. The van der Waals surface area contributed by atoms with Gasteiger partial charge in [-0.05, 0) is 42.3 Å². The van der Waals surface area contributed by atoms with Gasteiger partial charge in [0.2, 0.25) is 0 Å². The molecule has 0 unspecified atom stereocenters. The van der Waals surface area contributed by atoms with Crippen LogP contribution in [0.3, 0.4) is 0 Å². The molecular formula is C24H19F3N4O2S. The average Bonchev–Trinajstić information content (AvgIpc) is 3.51. The smallest absolute Gasteiger partial charge is 0.264 e. The van der Waals surface area contributed by atoms with Gasteiger partial charge in [-0.15, -0.1) is 11.3 Å². The molecule has 0 fully saturated rings. The van der Waals surface area contributed by atoms with Crippen molar-refractivity contribution in [2.24, 2.45) is 0 Å². The molecule has 2 aromatic heterocycles. The number of aliphatic hydroxyl groups is 1. The van der Waals surface area contributed by atoms with Crippen LogP contribution in [0.25, 0.3) is 10.4 Å². The number of halogens is 3. The second kappa shape index (κ2) is 8.37. The van der Waals surface area contributed by atoms with Crippen LogP contribution in [0.5, 0.6) is 0 Å². The molecule has 0 saturated heterocycles. The maximum Gasteiger partial charge on any atom is 0.264 e. The first-order valence-electron chi connectivity index (χ1n) is 10.5. The number of carbonyl (C=O) groups is 1. The zero-order chi connectivity index (χ0) is 24.0. The van der Waals surface area contributed by atoms with E-state index in [1.54, 1.807) is 19.1 Å². The quantitative estimate of drug-likeness (QED) is 0.442. The Bertz CT molecular complexity index is 1370. The van der Waals surface area contributed by atoms with E-state index in [0.29, 0.717) is 16.5 Å². The van der Waals surface area contributed by atoms with Crippen molar-refractivity contribution in [2.45, 2.75) is 31.7 Å². The fourth-order valence-electron chi connectivity index (χ4n) is 4.31. The normalized spacial score (nSPS) is 15.9. The summed E-state index contributed by atoms with van der Waals surface area (Å²) in [6.45, 7) is 1.59. The van der Waals surface area contributed by atoms with E-state index in [9.17, 15) is 23.1 Å². The minimum Gasteiger partial charge on any atom is -0.381 e. The number of benzene rings is 2. The number of hydrogen-bond acceptors (Lipinski definition) is 5. The highest BCUT2D eigenvalue weighted by Gasteiger charge is 2.46. The second-order valence-electron chi connectivity index (χ2n) is 8.23. The van der Waals surface area contributed by atoms with Crippen LogP contribution in [0.4, 0.5) is 13.2 Å². The summed E-state index contributed by atoms with van der Waals surface area (Å²) >= 11 is 1.24. The van der Waals surface area contributed by atoms with Gasteiger partial charge in [0.1, 0.15) is 35.7 Å². The van der Waals surface area contributed by atoms with Crippen LogP contribution in [0.2, 0.25) is 0 Å². The lowest BCUT2D eigenvalue weighted by Gasteiger charge is -2.39. The molecule has 0 spiro atoms. The predicted octanol–water partition coefficient (Wildman–Crippen LogP) is 4.36. The lowest BCUT2D eigenvalue weighted by molar-refractivity contribution is -0.0556. The van der Waals surface area contributed by atoms with Gasteiger partial charge in [0.05, 0.1) is 17.5 Å². The van der Waals surface area contributed by atoms with Gasteiger partial charge >= 0.3 is 0 Å². The van der Waals surface area contributed by atoms with Crippen molar-refractivity contribution in [3.8, 4) is 10.4 Å². The molecule has 34 heavy (non-hydrogen) atoms. The molecule has 1 aliphatic rings. The number of aromatic nitrogens is 3. The third-order valence-corrected chi connectivity index (χ3v) is 7.35. The van der Waals surface area contributed by atoms with Crippen LogP contribution in [-0.4, -0.2) is 36.7 Å². The van der Waals surface area contributed by atoms with Crippen LogP contribution in [0.1, 0.15) is 27.7 Å². The molecule has 1 N–H and O–H groups in total. The van der Waals surface area contributed by atoms with E-state index in [0.717, 1.165) is 16.5 Å². The summed E-state index contributed by atoms with van der Waals surface area (Å²) in [6.07, 6.45) is 2.64. The average molecular weight is 485 g/mol. The van der Waals surface area contributed by atoms with E-state index in [4.69, 9.17) is 0 Å². The van der Waals surface area contributed by atoms with Gasteiger partial charge in [0.25, 0.3) is 5.91 Å². The number of carbonyl (C=O) groups excluding carboxylic acids is 1. The first-order valence-corrected chi connectivity index (χ1v) is 11.3. The van der Waals surface area contributed by atoms with E-state index >= 15 is 0 Å². The summed E-state index contributed by atoms with van der Waals surface area (Å²) in [6, 6.07) is 9.99. The Balaban J connectivity index is 1.49. The Labute approximate surface area is 196 Å². The molecule has 0 aliphatic carbocycles. The maximum absolute atomic E-state index is 14.8. The second-order valence-corrected chi connectivity index (χ2v) is 9.28. The van der Waals surface area contributed by atoms with E-state index in [-0.39, 0.29) is 30.4 Å². The summed E-state index contributed by atoms with van der Waals surface area (Å²) in [5.41, 5.74) is -0.673. The molecule has 2 aromatic carbocycles. The van der Waals surface area contributed by atoms with Crippen molar-refractivity contribution >= 4 is 17.2 Å². The largest absolute Gasteiger partial charge is 0.381 e. The molecule has 5 rings (SSSR count). The van der Waals surface area contributed by atoms with Crippen LogP contribution >= 0.6 is 11.3 Å². The molecule has 1 aliphatic heterocycles. The third-order valence-electron chi connectivity index (χ3n) is 6.14. The van der Waals surface area contributed by atoms with Crippen molar-refractivity contribution in [3.63, 3.8) is 0 Å². The first-order chi connectivity index (χ1) is 16.3. The summed E-state index contributed by atoms with van der Waals surface area (Å²) < 4.78 is 43.4. The van der Waals surface area contributed by atoms with Crippen molar-refractivity contribution in [1.82, 2.24) is 19.7 Å². The number of hydrogen-bond donors (Lipinski definition) is 1. The maximum atomic E-state index is 14.8. The molecule has 0 saturated carbocycles. The number of nitrogens with zero attached hydrogens (tertiary/aromatic N) is 4. The molecule has 0 bridgehead atoms. The highest BCUT2D eigenvalue weighted by molar-refractivity contribution is 7.17. The number of thiophene rings is 1. The van der Waals surface area contributed by atoms with E-state index < -0.39 is 23.3 Å². The zero-order valence-electron chi connectivity index (χ0n) is 18.0. The topological polar surface area (TPSA) is 71.2 Å². The molecule has 10 heteroatoms. The van der Waals surface area contributed by atoms with Crippen molar-refractivity contribution in [1.29, 1.82) is 0 Å². The minimum absolute atomic E-state index is 0.152. The van der Waals surface area contributed by atoms with Crippen molar-refractivity contribution in [3.05, 3.63) is 94.6 Å². The van der Waals surface area contributed by atoms with Crippen LogP contribution < -0.4 is 0 Å². The fourth-order valence-corrected chi connectivity index (χ4v) is 5.44. The fraction of sp³-hybridized carbons (Fsp3) is 0.208. The Kier molecular flexibility index (Phi) is 5.49. The Morgan fingerprint density at radius 1 is 1.15 bits per heavy atom. The molecule has 3 heterocycles. The lowest BCUT2D eigenvalue weighted by Crippen LogP contribution is -2.52. The van der Waals surface area contributed by atoms with Crippen molar-refractivity contribution < 1.29 is 23.1 Å². The number of rotatable bonds is 6. The first kappa shape index (κ1) is 22.3. The molecule has 4 aromatic rings. The van der Waals surface area contributed by atoms with E-state index in [2.05, 4.69) is 10.1 Å². The summed E-state index contributed by atoms with van der Waals surface area (Å²) in [5, 5.41) is 15.8. The standard InChI is InChI=1S/C24H19F3N4O2S/c1-14(24(33,11-30-13-28-12-29-30)19-6-5-18(26)9-20(19)27)31-10-16-8-21(34-22(16)23(31)32)15-3-2-4-17(25)7-15/h2-9,12-14,33H,10-11H2,1H3/t14-,24-/m1/s1. The SMILES string of the molecule is C[C@@H](N1Cc2cc(-c3cccc(F)c3)sc2C1=O)[C@](O)(Cn1cncn1)c1ccc(F)cc1F. The van der Waals surface area contributed by atoms with Gasteiger partial charge in [0.15, 0.2) is 0 Å². The van der Waals surface area contributed by atoms with Crippen LogP contribution in [0, 0.1) is 17.5 Å². The van der Waals surface area contributed by atoms with Crippen molar-refractivity contribution in [2.75, 3.05) is 0 Å². The van der Waals surface area contributed by atoms with Gasteiger partial charge in [-0.1, -0.05) is 18.2 Å². The van der Waals surface area contributed by atoms with Gasteiger partial charge < -0.3 is 10.0 Å². The Morgan fingerprint density at radius 3 is 2.62 bits per heavy atom. The minimum atomic E-state index is -1.93. The highest BCUT2D eigenvalue weighted by atomic mass is 32.1. The van der Waals surface area contributed by atoms with Crippen LogP contribution in [-0.2, 0) is 18.7 Å². The monoisotopic (exact) mass is 484 g/mol. The van der Waals surface area contributed by atoms with E-state index in [1.165, 1.54) is 51.8 Å². The third kappa shape index (κ3) is 3.78. The molecule has 6 nitrogen and oxygen atoms in total. The lowest BCUT2D eigenvalue weighted by atomic mass is 9.85. The molecule has 174 valence electrons. The molecule has 0 radical (unpaired) electrons. The highest BCUT2D eigenvalue weighted by Crippen LogP contribution is 2.41. The zero-order valence-corrected chi connectivity index (χ0v) is 18.8. The van der Waals surface area contributed by atoms with Gasteiger partial charge in [0, 0.05) is 23.1 Å². The summed E-state index contributed by atoms with van der Waals surface area (Å²) in [4.78, 5) is 19.9. The summed E-state index contributed by atoms with van der Waals surface area (Å²) in [7, 11) is 0. The summed E-state index contributed by atoms with van der Waals surface area (Å²) in [5.74, 6) is -2.40. The molecule has 2 atom stereocenters. The molecule has 1 amide bonds. The van der Waals surface area contributed by atoms with Crippen LogP contribution in [0.15, 0.2) is 61.2 Å². The van der Waals surface area contributed by atoms with E-state index in [1.807, 2.05) is 6.07 Å². The molecular weight excluding hydrogens is 465 g/mol. The van der Waals surface area contributed by atoms with Gasteiger partial charge in [-0.25, -0.2) is 22.8 Å².